The standard InChI is InChI=1S/C14H19N3O4/c1-17-2-3-19-9(7-17)6-16-14(18)10-4-12-13(5-11(10)15)21-8-20-12/h4-5,9H,2-3,6-8,15H2,1H3,(H,16,18). The summed E-state index contributed by atoms with van der Waals surface area (Å²) >= 11 is 0. The lowest BCUT2D eigenvalue weighted by molar-refractivity contribution is -0.0174. The van der Waals surface area contributed by atoms with Gasteiger partial charge >= 0.3 is 0 Å². The molecule has 114 valence electrons. The Morgan fingerprint density at radius 2 is 2.19 bits per heavy atom. The van der Waals surface area contributed by atoms with E-state index in [9.17, 15) is 4.79 Å². The van der Waals surface area contributed by atoms with Crippen molar-refractivity contribution in [3.63, 3.8) is 0 Å². The zero-order valence-electron chi connectivity index (χ0n) is 11.9. The molecule has 1 amide bonds. The largest absolute Gasteiger partial charge is 0.454 e. The number of nitrogens with zero attached hydrogens (tertiary/aromatic N) is 1. The van der Waals surface area contributed by atoms with Gasteiger partial charge in [0.2, 0.25) is 6.79 Å². The number of nitrogens with two attached hydrogens (primary N) is 1. The maximum absolute atomic E-state index is 12.2. The molecule has 1 saturated heterocycles. The number of amides is 1. The van der Waals surface area contributed by atoms with Gasteiger partial charge in [-0.05, 0) is 13.1 Å². The van der Waals surface area contributed by atoms with Gasteiger partial charge in [0, 0.05) is 31.4 Å². The van der Waals surface area contributed by atoms with Crippen molar-refractivity contribution >= 4 is 11.6 Å². The first-order valence-corrected chi connectivity index (χ1v) is 6.91. The van der Waals surface area contributed by atoms with Crippen LogP contribution < -0.4 is 20.5 Å². The fourth-order valence-electron chi connectivity index (χ4n) is 2.45. The summed E-state index contributed by atoms with van der Waals surface area (Å²) < 4.78 is 16.1. The smallest absolute Gasteiger partial charge is 0.253 e. The number of ether oxygens (including phenoxy) is 3. The van der Waals surface area contributed by atoms with E-state index in [4.69, 9.17) is 19.9 Å². The van der Waals surface area contributed by atoms with E-state index in [1.54, 1.807) is 12.1 Å². The van der Waals surface area contributed by atoms with Crippen LogP contribution in [-0.2, 0) is 4.74 Å². The highest BCUT2D eigenvalue weighted by Crippen LogP contribution is 2.35. The molecule has 1 aromatic carbocycles. The molecule has 0 spiro atoms. The second kappa shape index (κ2) is 5.79. The molecule has 0 aliphatic carbocycles. The monoisotopic (exact) mass is 293 g/mol. The summed E-state index contributed by atoms with van der Waals surface area (Å²) in [5, 5.41) is 2.85. The average Bonchev–Trinajstić information content (AvgIpc) is 2.91. The van der Waals surface area contributed by atoms with Crippen LogP contribution in [0.25, 0.3) is 0 Å². The van der Waals surface area contributed by atoms with E-state index in [-0.39, 0.29) is 18.8 Å². The number of morpholine rings is 1. The summed E-state index contributed by atoms with van der Waals surface area (Å²) in [6, 6.07) is 3.23. The number of likely N-dealkylation sites (N-methyl/N-ethyl adjacent to an activating group) is 1. The molecule has 0 aromatic heterocycles. The van der Waals surface area contributed by atoms with Crippen molar-refractivity contribution in [2.24, 2.45) is 0 Å². The highest BCUT2D eigenvalue weighted by atomic mass is 16.7. The van der Waals surface area contributed by atoms with Crippen molar-refractivity contribution in [3.05, 3.63) is 17.7 Å². The number of benzene rings is 1. The fourth-order valence-corrected chi connectivity index (χ4v) is 2.45. The number of carbonyl (C=O) groups excluding carboxylic acids is 1. The number of fused-ring (bicyclic) bond motifs is 1. The number of hydrogen-bond acceptors (Lipinski definition) is 6. The first kappa shape index (κ1) is 14.0. The van der Waals surface area contributed by atoms with Crippen LogP contribution in [0.3, 0.4) is 0 Å². The van der Waals surface area contributed by atoms with E-state index in [1.807, 2.05) is 7.05 Å². The molecule has 0 saturated carbocycles. The summed E-state index contributed by atoms with van der Waals surface area (Å²) in [5.74, 6) is 0.881. The average molecular weight is 293 g/mol. The van der Waals surface area contributed by atoms with E-state index in [2.05, 4.69) is 10.2 Å². The second-order valence-corrected chi connectivity index (χ2v) is 5.26. The van der Waals surface area contributed by atoms with Crippen LogP contribution in [0.15, 0.2) is 12.1 Å². The SMILES string of the molecule is CN1CCOC(CNC(=O)c2cc3c(cc2N)OCO3)C1. The van der Waals surface area contributed by atoms with Crippen molar-refractivity contribution in [1.29, 1.82) is 0 Å². The number of nitrogens with one attached hydrogen (secondary N) is 1. The topological polar surface area (TPSA) is 86.1 Å². The Kier molecular flexibility index (Phi) is 3.85. The zero-order chi connectivity index (χ0) is 14.8. The molecule has 1 aromatic rings. The highest BCUT2D eigenvalue weighted by molar-refractivity contribution is 6.00. The molecule has 1 atom stereocenters. The maximum atomic E-state index is 12.2. The zero-order valence-corrected chi connectivity index (χ0v) is 11.9. The molecule has 7 nitrogen and oxygen atoms in total. The Labute approximate surface area is 122 Å². The van der Waals surface area contributed by atoms with Gasteiger partial charge in [0.25, 0.3) is 5.91 Å². The molecule has 2 aliphatic rings. The summed E-state index contributed by atoms with van der Waals surface area (Å²) in [5.41, 5.74) is 6.66. The second-order valence-electron chi connectivity index (χ2n) is 5.26. The third-order valence-electron chi connectivity index (χ3n) is 3.62. The molecule has 1 unspecified atom stereocenters. The predicted molar refractivity (Wildman–Crippen MR) is 76.5 cm³/mol. The Hall–Kier alpha value is -1.99. The van der Waals surface area contributed by atoms with Crippen molar-refractivity contribution in [2.45, 2.75) is 6.10 Å². The van der Waals surface area contributed by atoms with Crippen LogP contribution in [0.5, 0.6) is 11.5 Å². The lowest BCUT2D eigenvalue weighted by atomic mass is 10.1. The maximum Gasteiger partial charge on any atom is 0.253 e. The normalized spacial score (nSPS) is 21.3. The van der Waals surface area contributed by atoms with Gasteiger partial charge in [-0.2, -0.15) is 0 Å². The van der Waals surface area contributed by atoms with Gasteiger partial charge in [0.15, 0.2) is 11.5 Å². The van der Waals surface area contributed by atoms with Gasteiger partial charge in [-0.1, -0.05) is 0 Å². The number of nitrogen functional groups attached to an aromatic ring is 1. The quantitative estimate of drug-likeness (QED) is 0.766. The summed E-state index contributed by atoms with van der Waals surface area (Å²) in [4.78, 5) is 14.4. The highest BCUT2D eigenvalue weighted by Gasteiger charge is 2.22. The molecule has 3 rings (SSSR count). The van der Waals surface area contributed by atoms with Crippen molar-refractivity contribution in [3.8, 4) is 11.5 Å². The predicted octanol–water partition coefficient (Wildman–Crippen LogP) is 0.0579. The minimum Gasteiger partial charge on any atom is -0.454 e. The van der Waals surface area contributed by atoms with Gasteiger partial charge in [0.05, 0.1) is 18.3 Å². The number of hydrogen-bond donors (Lipinski definition) is 2. The third-order valence-corrected chi connectivity index (χ3v) is 3.62. The molecule has 1 fully saturated rings. The van der Waals surface area contributed by atoms with E-state index in [1.165, 1.54) is 0 Å². The van der Waals surface area contributed by atoms with Crippen LogP contribution in [0.4, 0.5) is 5.69 Å². The van der Waals surface area contributed by atoms with Gasteiger partial charge in [-0.15, -0.1) is 0 Å². The van der Waals surface area contributed by atoms with Crippen LogP contribution in [0.1, 0.15) is 10.4 Å². The van der Waals surface area contributed by atoms with E-state index in [0.29, 0.717) is 35.9 Å². The lowest BCUT2D eigenvalue weighted by Gasteiger charge is -2.30. The fraction of sp³-hybridized carbons (Fsp3) is 0.500. The number of carbonyl (C=O) groups is 1. The van der Waals surface area contributed by atoms with Crippen LogP contribution in [-0.4, -0.2) is 57.0 Å². The third kappa shape index (κ3) is 3.03. The summed E-state index contributed by atoms with van der Waals surface area (Å²) in [6.07, 6.45) is 0.00272. The summed E-state index contributed by atoms with van der Waals surface area (Å²) in [7, 11) is 2.03. The van der Waals surface area contributed by atoms with Crippen LogP contribution in [0.2, 0.25) is 0 Å². The van der Waals surface area contributed by atoms with Crippen molar-refractivity contribution in [1.82, 2.24) is 10.2 Å². The Morgan fingerprint density at radius 1 is 1.43 bits per heavy atom. The van der Waals surface area contributed by atoms with Crippen LogP contribution in [0, 0.1) is 0 Å². The van der Waals surface area contributed by atoms with Crippen molar-refractivity contribution < 1.29 is 19.0 Å². The van der Waals surface area contributed by atoms with Gasteiger partial charge in [-0.25, -0.2) is 0 Å². The molecule has 2 aliphatic heterocycles. The van der Waals surface area contributed by atoms with E-state index >= 15 is 0 Å². The molecular weight excluding hydrogens is 274 g/mol. The van der Waals surface area contributed by atoms with Crippen molar-refractivity contribution in [2.75, 3.05) is 45.8 Å². The molecule has 7 heteroatoms. The molecule has 0 bridgehead atoms. The van der Waals surface area contributed by atoms with Gasteiger partial charge in [-0.3, -0.25) is 4.79 Å². The minimum absolute atomic E-state index is 0.00272. The molecule has 3 N–H and O–H groups in total. The van der Waals surface area contributed by atoms with E-state index in [0.717, 1.165) is 13.1 Å². The Bertz CT molecular complexity index is 549. The number of anilines is 1. The first-order chi connectivity index (χ1) is 10.1. The number of rotatable bonds is 3. The molecule has 21 heavy (non-hydrogen) atoms. The van der Waals surface area contributed by atoms with Gasteiger partial charge in [0.1, 0.15) is 0 Å². The van der Waals surface area contributed by atoms with Crippen LogP contribution >= 0.6 is 0 Å². The summed E-state index contributed by atoms with van der Waals surface area (Å²) in [6.45, 7) is 3.01. The first-order valence-electron chi connectivity index (χ1n) is 6.91. The molecule has 2 heterocycles. The lowest BCUT2D eigenvalue weighted by Crippen LogP contribution is -2.46. The Morgan fingerprint density at radius 3 is 2.95 bits per heavy atom. The van der Waals surface area contributed by atoms with E-state index < -0.39 is 0 Å². The van der Waals surface area contributed by atoms with Gasteiger partial charge < -0.3 is 30.2 Å². The molecular formula is C14H19N3O4. The molecule has 0 radical (unpaired) electrons. The Balaban J connectivity index is 1.63. The minimum atomic E-state index is -0.234.